The summed E-state index contributed by atoms with van der Waals surface area (Å²) < 4.78 is 31.0. The fourth-order valence-electron chi connectivity index (χ4n) is 6.28. The number of nitrogens with one attached hydrogen (secondary N) is 1. The van der Waals surface area contributed by atoms with Crippen LogP contribution in [0.25, 0.3) is 32.8 Å². The molecule has 6 rings (SSSR count). The third-order valence-electron chi connectivity index (χ3n) is 8.65. The molecule has 3 heterocycles. The molecule has 1 N–H and O–H groups in total. The minimum absolute atomic E-state index is 0.156. The second-order valence-electron chi connectivity index (χ2n) is 11.7. The molecule has 1 saturated heterocycles. The molecule has 1 aliphatic heterocycles. The molecule has 0 bridgehead atoms. The minimum Gasteiger partial charge on any atom is -0.493 e. The lowest BCUT2D eigenvalue weighted by Crippen LogP contribution is -2.23. The lowest BCUT2D eigenvalue weighted by molar-refractivity contribution is -0.169. The number of esters is 1. The molecule has 10 heteroatoms. The van der Waals surface area contributed by atoms with Gasteiger partial charge in [0.25, 0.3) is 0 Å². The number of H-pyrrole nitrogens is 1. The zero-order chi connectivity index (χ0) is 32.8. The number of carbonyl (C=O) groups excluding carboxylic acids is 1. The maximum atomic E-state index is 13.2. The van der Waals surface area contributed by atoms with Gasteiger partial charge in [-0.2, -0.15) is 5.10 Å². The van der Waals surface area contributed by atoms with Crippen LogP contribution in [0, 0.1) is 6.92 Å². The third-order valence-corrected chi connectivity index (χ3v) is 8.97. The van der Waals surface area contributed by atoms with Gasteiger partial charge in [-0.05, 0) is 69.0 Å². The maximum absolute atomic E-state index is 13.2. The van der Waals surface area contributed by atoms with Crippen LogP contribution in [0.5, 0.6) is 5.75 Å². The molecule has 248 valence electrons. The summed E-state index contributed by atoms with van der Waals surface area (Å²) in [7, 11) is 1.90. The highest BCUT2D eigenvalue weighted by atomic mass is 35.5. The number of aromatic amines is 1. The summed E-state index contributed by atoms with van der Waals surface area (Å²) in [5, 5.41) is 8.44. The molecular formula is C37H42ClN3O6. The highest BCUT2D eigenvalue weighted by Crippen LogP contribution is 2.41. The Labute approximate surface area is 280 Å². The number of hydrogen-bond acceptors (Lipinski definition) is 7. The van der Waals surface area contributed by atoms with E-state index in [0.29, 0.717) is 43.4 Å². The van der Waals surface area contributed by atoms with Crippen molar-refractivity contribution in [1.82, 2.24) is 14.8 Å². The van der Waals surface area contributed by atoms with E-state index in [9.17, 15) is 4.79 Å². The first-order chi connectivity index (χ1) is 23.0. The largest absolute Gasteiger partial charge is 0.493 e. The molecule has 2 aromatic heterocycles. The van der Waals surface area contributed by atoms with Crippen LogP contribution in [0.4, 0.5) is 0 Å². The second-order valence-corrected chi connectivity index (χ2v) is 12.1. The number of carbonyl (C=O) groups is 1. The molecule has 5 aromatic rings. The van der Waals surface area contributed by atoms with Crippen LogP contribution < -0.4 is 4.74 Å². The van der Waals surface area contributed by atoms with Crippen LogP contribution in [0.1, 0.15) is 60.0 Å². The Balaban J connectivity index is 1.24. The summed E-state index contributed by atoms with van der Waals surface area (Å²) in [4.78, 5) is 16.7. The van der Waals surface area contributed by atoms with Crippen molar-refractivity contribution >= 4 is 39.2 Å². The van der Waals surface area contributed by atoms with E-state index in [1.54, 1.807) is 6.92 Å². The predicted molar refractivity (Wildman–Crippen MR) is 183 cm³/mol. The van der Waals surface area contributed by atoms with Crippen LogP contribution >= 0.6 is 11.6 Å². The Kier molecular flexibility index (Phi) is 10.8. The van der Waals surface area contributed by atoms with Crippen molar-refractivity contribution in [2.24, 2.45) is 7.05 Å². The second kappa shape index (κ2) is 15.3. The average Bonchev–Trinajstić information content (AvgIpc) is 3.59. The van der Waals surface area contributed by atoms with E-state index >= 15 is 0 Å². The molecule has 47 heavy (non-hydrogen) atoms. The normalized spacial score (nSPS) is 15.0. The topological polar surface area (TPSA) is 96.8 Å². The Hall–Kier alpha value is -3.89. The molecule has 0 spiro atoms. The van der Waals surface area contributed by atoms with Gasteiger partial charge in [0.1, 0.15) is 11.4 Å². The van der Waals surface area contributed by atoms with Gasteiger partial charge in [-0.1, -0.05) is 54.1 Å². The molecule has 0 radical (unpaired) electrons. The number of hydrogen-bond donors (Lipinski definition) is 1. The summed E-state index contributed by atoms with van der Waals surface area (Å²) >= 11 is 6.94. The van der Waals surface area contributed by atoms with Crippen LogP contribution in [-0.2, 0) is 39.0 Å². The Bertz CT molecular complexity index is 1840. The van der Waals surface area contributed by atoms with Gasteiger partial charge >= 0.3 is 5.97 Å². The van der Waals surface area contributed by atoms with E-state index in [4.69, 9.17) is 40.4 Å². The van der Waals surface area contributed by atoms with Crippen LogP contribution in [0.15, 0.2) is 54.6 Å². The molecule has 3 aromatic carbocycles. The first-order valence-electron chi connectivity index (χ1n) is 16.4. The van der Waals surface area contributed by atoms with E-state index in [1.807, 2.05) is 55.1 Å². The summed E-state index contributed by atoms with van der Waals surface area (Å²) in [6.07, 6.45) is 4.25. The molecular weight excluding hydrogens is 618 g/mol. The van der Waals surface area contributed by atoms with Crippen LogP contribution in [0.2, 0.25) is 5.02 Å². The Morgan fingerprint density at radius 3 is 2.72 bits per heavy atom. The number of nitrogens with zero attached hydrogens (tertiary/aromatic N) is 2. The van der Waals surface area contributed by atoms with Gasteiger partial charge in [-0.15, -0.1) is 0 Å². The molecule has 9 nitrogen and oxygen atoms in total. The monoisotopic (exact) mass is 659 g/mol. The molecule has 1 fully saturated rings. The fourth-order valence-corrected chi connectivity index (χ4v) is 6.53. The Morgan fingerprint density at radius 2 is 1.89 bits per heavy atom. The van der Waals surface area contributed by atoms with Crippen LogP contribution in [0.3, 0.4) is 0 Å². The van der Waals surface area contributed by atoms with Gasteiger partial charge in [0.2, 0.25) is 0 Å². The van der Waals surface area contributed by atoms with Crippen molar-refractivity contribution in [3.8, 4) is 16.9 Å². The number of aryl methyl sites for hydroxylation is 2. The van der Waals surface area contributed by atoms with Gasteiger partial charge in [0, 0.05) is 41.2 Å². The number of benzene rings is 3. The maximum Gasteiger partial charge on any atom is 0.355 e. The van der Waals surface area contributed by atoms with E-state index in [0.717, 1.165) is 81.4 Å². The highest BCUT2D eigenvalue weighted by molar-refractivity contribution is 6.35. The first kappa shape index (κ1) is 33.0. The lowest BCUT2D eigenvalue weighted by Gasteiger charge is -2.22. The number of halogens is 1. The van der Waals surface area contributed by atoms with Crippen molar-refractivity contribution in [2.45, 2.75) is 58.8 Å². The quantitative estimate of drug-likeness (QED) is 0.0955. The molecule has 0 aliphatic carbocycles. The number of aromatic nitrogens is 3. The lowest BCUT2D eigenvalue weighted by atomic mass is 9.98. The molecule has 1 atom stereocenters. The fraction of sp³-hybridized carbons (Fsp3) is 0.405. The third kappa shape index (κ3) is 7.33. The van der Waals surface area contributed by atoms with Gasteiger partial charge in [-0.25, -0.2) is 4.79 Å². The summed E-state index contributed by atoms with van der Waals surface area (Å²) in [6.45, 7) is 6.44. The van der Waals surface area contributed by atoms with Crippen molar-refractivity contribution < 1.29 is 28.5 Å². The minimum atomic E-state index is -0.399. The average molecular weight is 660 g/mol. The van der Waals surface area contributed by atoms with Crippen molar-refractivity contribution in [3.05, 3.63) is 82.3 Å². The Morgan fingerprint density at radius 1 is 1.04 bits per heavy atom. The summed E-state index contributed by atoms with van der Waals surface area (Å²) in [6, 6.07) is 18.1. The van der Waals surface area contributed by atoms with Gasteiger partial charge in [0.15, 0.2) is 6.29 Å². The number of ether oxygens (including phenoxy) is 5. The van der Waals surface area contributed by atoms with Gasteiger partial charge in [-0.3, -0.25) is 4.68 Å². The van der Waals surface area contributed by atoms with Crippen LogP contribution in [-0.4, -0.2) is 60.1 Å². The zero-order valence-electron chi connectivity index (χ0n) is 27.3. The highest BCUT2D eigenvalue weighted by Gasteiger charge is 2.26. The zero-order valence-corrected chi connectivity index (χ0v) is 28.0. The van der Waals surface area contributed by atoms with Gasteiger partial charge < -0.3 is 28.7 Å². The standard InChI is InChI=1S/C37H42ClN3O6/c1-4-44-37(42)36-27(14-10-20-45-31-15-9-12-25-11-5-6-13-26(25)31)28-17-18-29(38)34(35(28)39-36)33-24(2)41(3)40-30(33)23-43-21-22-47-32-16-7-8-19-46-32/h5-6,9,11-13,15,17-18,32,39H,4,7-8,10,14,16,19-23H2,1-3H3. The van der Waals surface area contributed by atoms with E-state index in [-0.39, 0.29) is 19.5 Å². The number of fused-ring (bicyclic) bond motifs is 2. The van der Waals surface area contributed by atoms with Crippen molar-refractivity contribution in [2.75, 3.05) is 33.0 Å². The van der Waals surface area contributed by atoms with Gasteiger partial charge in [0.05, 0.1) is 49.3 Å². The SMILES string of the molecule is CCOC(=O)c1[nH]c2c(-c3c(COCCOC4CCCCO4)nn(C)c3C)c(Cl)ccc2c1CCCOc1cccc2ccccc12. The summed E-state index contributed by atoms with van der Waals surface area (Å²) in [5.74, 6) is 0.446. The van der Waals surface area contributed by atoms with E-state index in [1.165, 1.54) is 0 Å². The smallest absolute Gasteiger partial charge is 0.355 e. The molecule has 1 aliphatic rings. The molecule has 0 saturated carbocycles. The predicted octanol–water partition coefficient (Wildman–Crippen LogP) is 7.93. The molecule has 0 amide bonds. The number of rotatable bonds is 14. The van der Waals surface area contributed by atoms with E-state index in [2.05, 4.69) is 23.2 Å². The molecule has 1 unspecified atom stereocenters. The van der Waals surface area contributed by atoms with Crippen molar-refractivity contribution in [1.29, 1.82) is 0 Å². The van der Waals surface area contributed by atoms with E-state index < -0.39 is 5.97 Å². The first-order valence-corrected chi connectivity index (χ1v) is 16.8. The summed E-state index contributed by atoms with van der Waals surface area (Å²) in [5.41, 5.74) is 5.41. The van der Waals surface area contributed by atoms with Crippen molar-refractivity contribution in [3.63, 3.8) is 0 Å².